The SMILES string of the molecule is CCCCCCCCCCCCCCCCCCCCCCCCOCC(COP(=O)(O)OC1C(O)C(O)C(O)C(O)C1O)OC(=O)CCCCCCCCCCCCCCCCC. The molecule has 6 unspecified atom stereocenters. The van der Waals surface area contributed by atoms with Crippen molar-refractivity contribution in [3.63, 3.8) is 0 Å². The first kappa shape index (κ1) is 61.4. The minimum Gasteiger partial charge on any atom is -0.457 e. The molecule has 0 amide bonds. The van der Waals surface area contributed by atoms with E-state index in [1.807, 2.05) is 0 Å². The van der Waals surface area contributed by atoms with Crippen LogP contribution in [0.5, 0.6) is 0 Å². The molecule has 0 spiro atoms. The highest BCUT2D eigenvalue weighted by Crippen LogP contribution is 2.47. The molecule has 0 aromatic rings. The van der Waals surface area contributed by atoms with Gasteiger partial charge in [-0.2, -0.15) is 0 Å². The lowest BCUT2D eigenvalue weighted by atomic mass is 9.85. The van der Waals surface area contributed by atoms with Gasteiger partial charge in [0.1, 0.15) is 42.7 Å². The fourth-order valence-electron chi connectivity index (χ4n) is 8.71. The van der Waals surface area contributed by atoms with E-state index in [-0.39, 0.29) is 13.0 Å². The van der Waals surface area contributed by atoms with Crippen molar-refractivity contribution in [1.29, 1.82) is 0 Å². The first-order chi connectivity index (χ1) is 31.0. The number of aliphatic hydroxyl groups is 5. The van der Waals surface area contributed by atoms with E-state index in [9.17, 15) is 39.8 Å². The smallest absolute Gasteiger partial charge is 0.457 e. The highest BCUT2D eigenvalue weighted by atomic mass is 31.2. The quantitative estimate of drug-likeness (QED) is 0.0192. The third kappa shape index (κ3) is 33.8. The van der Waals surface area contributed by atoms with E-state index in [4.69, 9.17) is 18.5 Å². The Morgan fingerprint density at radius 3 is 1.08 bits per heavy atom. The zero-order valence-corrected chi connectivity index (χ0v) is 42.0. The van der Waals surface area contributed by atoms with Crippen LogP contribution in [-0.4, -0.2) is 98.9 Å². The van der Waals surface area contributed by atoms with Gasteiger partial charge in [0.25, 0.3) is 0 Å². The number of aliphatic hydroxyl groups excluding tert-OH is 5. The predicted octanol–water partition coefficient (Wildman–Crippen LogP) is 12.1. The average molecular weight is 937 g/mol. The van der Waals surface area contributed by atoms with Crippen molar-refractivity contribution in [1.82, 2.24) is 0 Å². The zero-order valence-electron chi connectivity index (χ0n) is 41.1. The van der Waals surface area contributed by atoms with Gasteiger partial charge in [-0.25, -0.2) is 4.57 Å². The van der Waals surface area contributed by atoms with Crippen LogP contribution in [0.1, 0.15) is 258 Å². The Morgan fingerprint density at radius 1 is 0.438 bits per heavy atom. The van der Waals surface area contributed by atoms with Crippen molar-refractivity contribution in [2.24, 2.45) is 0 Å². The molecule has 0 saturated heterocycles. The highest BCUT2D eigenvalue weighted by Gasteiger charge is 2.51. The van der Waals surface area contributed by atoms with E-state index in [1.165, 1.54) is 193 Å². The summed E-state index contributed by atoms with van der Waals surface area (Å²) in [6.45, 7) is 4.32. The van der Waals surface area contributed by atoms with E-state index >= 15 is 0 Å². The van der Waals surface area contributed by atoms with Gasteiger partial charge in [0.2, 0.25) is 0 Å². The predicted molar refractivity (Wildman–Crippen MR) is 258 cm³/mol. The van der Waals surface area contributed by atoms with E-state index in [1.54, 1.807) is 0 Å². The molecule has 1 aliphatic carbocycles. The summed E-state index contributed by atoms with van der Waals surface area (Å²) in [5.41, 5.74) is 0. The maximum atomic E-state index is 12.9. The van der Waals surface area contributed by atoms with Crippen molar-refractivity contribution < 1.29 is 58.3 Å². The monoisotopic (exact) mass is 937 g/mol. The second kappa shape index (κ2) is 42.4. The number of carbonyl (C=O) groups excluding carboxylic acids is 1. The van der Waals surface area contributed by atoms with Crippen LogP contribution in [0.15, 0.2) is 0 Å². The number of hydrogen-bond donors (Lipinski definition) is 6. The zero-order chi connectivity index (χ0) is 46.9. The fourth-order valence-corrected chi connectivity index (χ4v) is 9.68. The minimum absolute atomic E-state index is 0.0673. The van der Waals surface area contributed by atoms with Gasteiger partial charge in [0, 0.05) is 13.0 Å². The molecular weight excluding hydrogens is 836 g/mol. The lowest BCUT2D eigenvalue weighted by molar-refractivity contribution is -0.220. The summed E-state index contributed by atoms with van der Waals surface area (Å²) < 4.78 is 34.3. The van der Waals surface area contributed by atoms with Gasteiger partial charge in [0.05, 0.1) is 13.2 Å². The molecule has 6 atom stereocenters. The molecule has 6 N–H and O–H groups in total. The van der Waals surface area contributed by atoms with Gasteiger partial charge in [0.15, 0.2) is 0 Å². The first-order valence-corrected chi connectivity index (χ1v) is 28.4. The van der Waals surface area contributed by atoms with Crippen LogP contribution in [0, 0.1) is 0 Å². The molecule has 1 fully saturated rings. The van der Waals surface area contributed by atoms with Crippen LogP contribution in [0.2, 0.25) is 0 Å². The Kier molecular flexibility index (Phi) is 40.7. The Labute approximate surface area is 391 Å². The molecule has 0 aromatic heterocycles. The molecule has 13 heteroatoms. The van der Waals surface area contributed by atoms with Crippen molar-refractivity contribution in [3.8, 4) is 0 Å². The highest BCUT2D eigenvalue weighted by molar-refractivity contribution is 7.47. The number of ether oxygens (including phenoxy) is 2. The van der Waals surface area contributed by atoms with Gasteiger partial charge in [-0.05, 0) is 12.8 Å². The number of phosphoric ester groups is 1. The van der Waals surface area contributed by atoms with E-state index in [0.717, 1.165) is 38.5 Å². The van der Waals surface area contributed by atoms with Crippen LogP contribution in [0.3, 0.4) is 0 Å². The summed E-state index contributed by atoms with van der Waals surface area (Å²) in [5, 5.41) is 50.3. The topological polar surface area (TPSA) is 192 Å². The van der Waals surface area contributed by atoms with Crippen molar-refractivity contribution in [2.75, 3.05) is 19.8 Å². The van der Waals surface area contributed by atoms with E-state index in [0.29, 0.717) is 13.0 Å². The van der Waals surface area contributed by atoms with Gasteiger partial charge in [-0.1, -0.05) is 239 Å². The first-order valence-electron chi connectivity index (χ1n) is 26.9. The molecule has 0 aliphatic heterocycles. The summed E-state index contributed by atoms with van der Waals surface area (Å²) >= 11 is 0. The summed E-state index contributed by atoms with van der Waals surface area (Å²) in [5.74, 6) is -0.469. The standard InChI is InChI=1S/C51H101O12P/c1-3-5-7-9-11-13-15-17-19-20-21-22-23-24-25-27-29-31-33-35-37-39-41-60-42-44(43-61-64(58,59)63-51-49(56)47(54)46(53)48(55)50(51)57)62-45(52)40-38-36-34-32-30-28-26-18-16-14-12-10-8-6-4-2/h44,46-51,53-57H,3-43H2,1-2H3,(H,58,59). The van der Waals surface area contributed by atoms with Gasteiger partial charge < -0.3 is 39.9 Å². The third-order valence-corrected chi connectivity index (χ3v) is 14.0. The molecule has 0 bridgehead atoms. The maximum Gasteiger partial charge on any atom is 0.472 e. The summed E-state index contributed by atoms with van der Waals surface area (Å²) in [6.07, 6.45) is 34.6. The molecule has 0 aromatic carbocycles. The number of carbonyl (C=O) groups is 1. The third-order valence-electron chi connectivity index (χ3n) is 13.0. The van der Waals surface area contributed by atoms with Crippen LogP contribution in [0.25, 0.3) is 0 Å². The molecular formula is C51H101O12P. The second-order valence-corrected chi connectivity index (χ2v) is 20.5. The summed E-state index contributed by atoms with van der Waals surface area (Å²) in [6, 6.07) is 0. The summed E-state index contributed by atoms with van der Waals surface area (Å²) in [7, 11) is -5.01. The molecule has 382 valence electrons. The lowest BCUT2D eigenvalue weighted by Gasteiger charge is -2.41. The lowest BCUT2D eigenvalue weighted by Crippen LogP contribution is -2.64. The van der Waals surface area contributed by atoms with Gasteiger partial charge in [-0.15, -0.1) is 0 Å². The Hall–Kier alpha value is -0.660. The van der Waals surface area contributed by atoms with E-state index < -0.39 is 63.1 Å². The molecule has 0 heterocycles. The molecule has 64 heavy (non-hydrogen) atoms. The Morgan fingerprint density at radius 2 is 0.734 bits per heavy atom. The molecule has 0 radical (unpaired) electrons. The Balaban J connectivity index is 2.28. The second-order valence-electron chi connectivity index (χ2n) is 19.1. The normalized spacial score (nSPS) is 21.6. The van der Waals surface area contributed by atoms with Crippen molar-refractivity contribution in [2.45, 2.75) is 301 Å². The number of hydrogen-bond acceptors (Lipinski definition) is 11. The largest absolute Gasteiger partial charge is 0.472 e. The van der Waals surface area contributed by atoms with Gasteiger partial charge >= 0.3 is 13.8 Å². The van der Waals surface area contributed by atoms with Crippen LogP contribution < -0.4 is 0 Å². The number of phosphoric acid groups is 1. The van der Waals surface area contributed by atoms with Crippen LogP contribution >= 0.6 is 7.82 Å². The fraction of sp³-hybridized carbons (Fsp3) is 0.980. The number of unbranched alkanes of at least 4 members (excludes halogenated alkanes) is 35. The molecule has 1 saturated carbocycles. The molecule has 12 nitrogen and oxygen atoms in total. The summed E-state index contributed by atoms with van der Waals surface area (Å²) in [4.78, 5) is 23.2. The number of rotatable bonds is 47. The average Bonchev–Trinajstić information content (AvgIpc) is 3.28. The molecule has 1 aliphatic rings. The van der Waals surface area contributed by atoms with Crippen molar-refractivity contribution in [3.05, 3.63) is 0 Å². The van der Waals surface area contributed by atoms with Crippen LogP contribution in [0.4, 0.5) is 0 Å². The van der Waals surface area contributed by atoms with Crippen molar-refractivity contribution >= 4 is 13.8 Å². The van der Waals surface area contributed by atoms with Crippen LogP contribution in [-0.2, 0) is 27.9 Å². The number of esters is 1. The Bertz CT molecular complexity index is 1070. The molecule has 1 rings (SSSR count). The maximum absolute atomic E-state index is 12.9. The minimum atomic E-state index is -5.01. The van der Waals surface area contributed by atoms with Gasteiger partial charge in [-0.3, -0.25) is 13.8 Å². The van der Waals surface area contributed by atoms with E-state index in [2.05, 4.69) is 13.8 Å².